The number of alkyl halides is 7. The van der Waals surface area contributed by atoms with Crippen molar-refractivity contribution in [1.82, 2.24) is 9.78 Å². The van der Waals surface area contributed by atoms with Gasteiger partial charge in [0.25, 0.3) is 0 Å². The maximum atomic E-state index is 14.5. The molecule has 2 aromatic carbocycles. The summed E-state index contributed by atoms with van der Waals surface area (Å²) < 4.78 is 94.3. The van der Waals surface area contributed by atoms with Crippen molar-refractivity contribution >= 4 is 5.97 Å². The molecule has 0 atom stereocenters. The molecule has 3 rings (SSSR count). The van der Waals surface area contributed by atoms with Gasteiger partial charge in [-0.05, 0) is 42.7 Å². The van der Waals surface area contributed by atoms with Crippen LogP contribution >= 0.6 is 0 Å². The second-order valence-corrected chi connectivity index (χ2v) is 7.13. The van der Waals surface area contributed by atoms with Crippen molar-refractivity contribution in [1.29, 1.82) is 0 Å². The van der Waals surface area contributed by atoms with Crippen LogP contribution in [0.25, 0.3) is 16.8 Å². The number of carboxylic acid groups (broad SMARTS) is 1. The summed E-state index contributed by atoms with van der Waals surface area (Å²) in [5.41, 5.74) is -6.49. The predicted octanol–water partition coefficient (Wildman–Crippen LogP) is 6.14. The lowest BCUT2D eigenvalue weighted by molar-refractivity contribution is -0.348. The van der Waals surface area contributed by atoms with Crippen LogP contribution in [-0.4, -0.2) is 33.2 Å². The first kappa shape index (κ1) is 23.3. The second kappa shape index (κ2) is 7.64. The van der Waals surface area contributed by atoms with Gasteiger partial charge in [0, 0.05) is 17.3 Å². The van der Waals surface area contributed by atoms with Crippen LogP contribution in [0.2, 0.25) is 0 Å². The topological polar surface area (TPSA) is 55.1 Å². The minimum absolute atomic E-state index is 0.0402. The van der Waals surface area contributed by atoms with Crippen molar-refractivity contribution in [2.45, 2.75) is 31.9 Å². The van der Waals surface area contributed by atoms with E-state index in [-0.39, 0.29) is 27.9 Å². The normalized spacial score (nSPS) is 12.8. The fourth-order valence-electron chi connectivity index (χ4n) is 3.54. The van der Waals surface area contributed by atoms with E-state index in [0.29, 0.717) is 17.7 Å². The van der Waals surface area contributed by atoms with Gasteiger partial charge >= 0.3 is 24.0 Å². The third kappa shape index (κ3) is 3.71. The van der Waals surface area contributed by atoms with Gasteiger partial charge in [-0.2, -0.15) is 31.4 Å². The SMILES string of the molecule is Cc1cc(C(F)(C(F)(F)F)C(F)(F)F)cc(C)c1-c1cnn(-c2ccccc2C(=O)O)c1. The van der Waals surface area contributed by atoms with Crippen molar-refractivity contribution in [2.24, 2.45) is 0 Å². The second-order valence-electron chi connectivity index (χ2n) is 7.13. The molecular weight excluding hydrogens is 445 g/mol. The highest BCUT2D eigenvalue weighted by Crippen LogP contribution is 2.53. The van der Waals surface area contributed by atoms with Gasteiger partial charge < -0.3 is 5.11 Å². The lowest BCUT2D eigenvalue weighted by atomic mass is 9.87. The Morgan fingerprint density at radius 3 is 1.97 bits per heavy atom. The molecule has 1 heterocycles. The van der Waals surface area contributed by atoms with E-state index in [9.17, 15) is 40.6 Å². The Kier molecular flexibility index (Phi) is 5.56. The van der Waals surface area contributed by atoms with Crippen LogP contribution in [0.4, 0.5) is 30.7 Å². The Morgan fingerprint density at radius 1 is 0.938 bits per heavy atom. The zero-order valence-electron chi connectivity index (χ0n) is 16.5. The Bertz CT molecular complexity index is 1140. The van der Waals surface area contributed by atoms with Crippen molar-refractivity contribution in [2.75, 3.05) is 0 Å². The van der Waals surface area contributed by atoms with E-state index in [1.807, 2.05) is 0 Å². The van der Waals surface area contributed by atoms with Gasteiger partial charge in [0.1, 0.15) is 0 Å². The monoisotopic (exact) mass is 460 g/mol. The first-order valence-electron chi connectivity index (χ1n) is 9.00. The molecule has 0 amide bonds. The summed E-state index contributed by atoms with van der Waals surface area (Å²) in [6.07, 6.45) is -9.76. The third-order valence-corrected chi connectivity index (χ3v) is 4.96. The molecule has 0 saturated heterocycles. The minimum atomic E-state index is -6.21. The van der Waals surface area contributed by atoms with E-state index in [4.69, 9.17) is 0 Å². The minimum Gasteiger partial charge on any atom is -0.478 e. The summed E-state index contributed by atoms with van der Waals surface area (Å²) in [5, 5.41) is 13.4. The van der Waals surface area contributed by atoms with E-state index in [1.165, 1.54) is 49.1 Å². The Balaban J connectivity index is 2.13. The molecule has 0 aliphatic rings. The highest BCUT2D eigenvalue weighted by atomic mass is 19.4. The average Bonchev–Trinajstić information content (AvgIpc) is 3.14. The van der Waals surface area contributed by atoms with E-state index < -0.39 is 29.6 Å². The number of hydrogen-bond donors (Lipinski definition) is 1. The number of carboxylic acids is 1. The van der Waals surface area contributed by atoms with E-state index in [2.05, 4.69) is 5.10 Å². The van der Waals surface area contributed by atoms with Crippen molar-refractivity contribution in [3.63, 3.8) is 0 Å². The lowest BCUT2D eigenvalue weighted by Gasteiger charge is -2.31. The number of nitrogens with zero attached hydrogens (tertiary/aromatic N) is 2. The van der Waals surface area contributed by atoms with Crippen LogP contribution in [0.5, 0.6) is 0 Å². The molecule has 4 nitrogen and oxygen atoms in total. The molecule has 0 aliphatic heterocycles. The fourth-order valence-corrected chi connectivity index (χ4v) is 3.54. The maximum absolute atomic E-state index is 14.5. The molecule has 1 aromatic heterocycles. The smallest absolute Gasteiger partial charge is 0.435 e. The number of aromatic nitrogens is 2. The highest BCUT2D eigenvalue weighted by Gasteiger charge is 2.73. The molecule has 0 spiro atoms. The van der Waals surface area contributed by atoms with Gasteiger partial charge in [-0.25, -0.2) is 13.9 Å². The summed E-state index contributed by atoms with van der Waals surface area (Å²) in [7, 11) is 0. The molecule has 1 N–H and O–H groups in total. The molecule has 0 unspecified atom stereocenters. The molecule has 0 aliphatic carbocycles. The Labute approximate surface area is 176 Å². The largest absolute Gasteiger partial charge is 0.478 e. The van der Waals surface area contributed by atoms with E-state index in [0.717, 1.165) is 0 Å². The van der Waals surface area contributed by atoms with Gasteiger partial charge in [0.2, 0.25) is 0 Å². The van der Waals surface area contributed by atoms with Crippen LogP contribution in [-0.2, 0) is 5.67 Å². The van der Waals surface area contributed by atoms with Crippen molar-refractivity contribution < 1.29 is 40.6 Å². The molecule has 11 heteroatoms. The zero-order valence-corrected chi connectivity index (χ0v) is 16.5. The molecule has 32 heavy (non-hydrogen) atoms. The number of halogens is 7. The first-order valence-corrected chi connectivity index (χ1v) is 9.00. The highest BCUT2D eigenvalue weighted by molar-refractivity contribution is 5.91. The average molecular weight is 460 g/mol. The van der Waals surface area contributed by atoms with Crippen LogP contribution in [0.1, 0.15) is 27.0 Å². The van der Waals surface area contributed by atoms with Crippen molar-refractivity contribution in [3.05, 3.63) is 71.0 Å². The van der Waals surface area contributed by atoms with Gasteiger partial charge in [-0.1, -0.05) is 24.3 Å². The lowest BCUT2D eigenvalue weighted by Crippen LogP contribution is -2.50. The number of carbonyl (C=O) groups is 1. The molecule has 0 saturated carbocycles. The maximum Gasteiger partial charge on any atom is 0.435 e. The number of para-hydroxylation sites is 1. The number of benzene rings is 2. The summed E-state index contributed by atoms with van der Waals surface area (Å²) in [4.78, 5) is 11.4. The summed E-state index contributed by atoms with van der Waals surface area (Å²) in [6.45, 7) is 2.50. The Hall–Kier alpha value is -3.37. The van der Waals surface area contributed by atoms with E-state index >= 15 is 0 Å². The van der Waals surface area contributed by atoms with Crippen LogP contribution in [0.15, 0.2) is 48.8 Å². The van der Waals surface area contributed by atoms with Gasteiger partial charge in [-0.3, -0.25) is 0 Å². The first-order chi connectivity index (χ1) is 14.7. The molecule has 3 aromatic rings. The molecule has 170 valence electrons. The number of aromatic carboxylic acids is 1. The number of hydrogen-bond acceptors (Lipinski definition) is 2. The van der Waals surface area contributed by atoms with Crippen LogP contribution in [0, 0.1) is 13.8 Å². The Morgan fingerprint density at radius 2 is 1.47 bits per heavy atom. The zero-order chi connectivity index (χ0) is 24.1. The summed E-state index contributed by atoms with van der Waals surface area (Å²) in [5.74, 6) is -1.21. The quantitative estimate of drug-likeness (QED) is 0.476. The van der Waals surface area contributed by atoms with Crippen LogP contribution in [0.3, 0.4) is 0 Å². The van der Waals surface area contributed by atoms with Crippen LogP contribution < -0.4 is 0 Å². The standard InChI is InChI=1S/C21H15F7N2O2/c1-11-7-14(19(22,20(23,24)25)21(26,27)28)8-12(2)17(11)13-9-29-30(10-13)16-6-4-3-5-15(16)18(31)32/h3-10H,1-2H3,(H,31,32). The number of aryl methyl sites for hydroxylation is 2. The molecular formula is C21H15F7N2O2. The molecule has 0 radical (unpaired) electrons. The van der Waals surface area contributed by atoms with Crippen molar-refractivity contribution in [3.8, 4) is 16.8 Å². The molecule has 0 fully saturated rings. The van der Waals surface area contributed by atoms with Gasteiger partial charge in [0.05, 0.1) is 17.4 Å². The summed E-state index contributed by atoms with van der Waals surface area (Å²) >= 11 is 0. The van der Waals surface area contributed by atoms with Gasteiger partial charge in [0.15, 0.2) is 0 Å². The predicted molar refractivity (Wildman–Crippen MR) is 100 cm³/mol. The van der Waals surface area contributed by atoms with Gasteiger partial charge in [-0.15, -0.1) is 0 Å². The third-order valence-electron chi connectivity index (χ3n) is 4.96. The number of rotatable bonds is 4. The van der Waals surface area contributed by atoms with E-state index in [1.54, 1.807) is 6.07 Å². The summed E-state index contributed by atoms with van der Waals surface area (Å²) in [6, 6.07) is 6.92. The molecule has 0 bridgehead atoms. The fraction of sp³-hybridized carbons (Fsp3) is 0.238.